The minimum Gasteiger partial charge on any atom is -0.338 e. The van der Waals surface area contributed by atoms with Gasteiger partial charge >= 0.3 is 6.03 Å². The van der Waals surface area contributed by atoms with Gasteiger partial charge in [0.25, 0.3) is 0 Å². The lowest BCUT2D eigenvalue weighted by atomic mass is 10.3. The minimum atomic E-state index is -0.227. The van der Waals surface area contributed by atoms with Crippen molar-refractivity contribution in [3.8, 4) is 0 Å². The molecule has 7 heteroatoms. The predicted molar refractivity (Wildman–Crippen MR) is 78.1 cm³/mol. The molecule has 2 aromatic rings. The largest absolute Gasteiger partial charge is 0.338 e. The molecule has 0 saturated carbocycles. The van der Waals surface area contributed by atoms with E-state index in [9.17, 15) is 4.79 Å². The van der Waals surface area contributed by atoms with E-state index in [1.54, 1.807) is 0 Å². The number of rotatable bonds is 4. The zero-order valence-corrected chi connectivity index (χ0v) is 12.3. The molecule has 0 atom stereocenters. The molecule has 2 rings (SSSR count). The number of nitrogens with zero attached hydrogens (tertiary/aromatic N) is 1. The number of anilines is 1. The van der Waals surface area contributed by atoms with Crippen LogP contribution in [-0.4, -0.2) is 22.8 Å². The maximum absolute atomic E-state index is 11.7. The number of urea groups is 1. The molecule has 0 aliphatic carbocycles. The molecule has 0 fully saturated rings. The fourth-order valence-electron chi connectivity index (χ4n) is 1.68. The lowest BCUT2D eigenvalue weighted by Crippen LogP contribution is -2.30. The number of carbonyl (C=O) groups excluding carboxylic acids is 1. The number of amides is 2. The van der Waals surface area contributed by atoms with Gasteiger partial charge in [0.2, 0.25) is 0 Å². The summed E-state index contributed by atoms with van der Waals surface area (Å²) in [5.74, 6) is 0. The van der Waals surface area contributed by atoms with Crippen molar-refractivity contribution in [2.75, 3.05) is 11.9 Å². The Morgan fingerprint density at radius 1 is 1.47 bits per heavy atom. The highest BCUT2D eigenvalue weighted by Gasteiger charge is 2.09. The van der Waals surface area contributed by atoms with E-state index in [1.165, 1.54) is 11.3 Å². The van der Waals surface area contributed by atoms with Gasteiger partial charge in [-0.05, 0) is 32.4 Å². The molecule has 0 unspecified atom stereocenters. The molecule has 3 N–H and O–H groups in total. The summed E-state index contributed by atoms with van der Waals surface area (Å²) >= 11 is 7.37. The molecule has 19 heavy (non-hydrogen) atoms. The van der Waals surface area contributed by atoms with Crippen LogP contribution in [0.3, 0.4) is 0 Å². The molecular formula is C12H15ClN4OS. The van der Waals surface area contributed by atoms with Crippen LogP contribution in [0.1, 0.15) is 16.3 Å². The van der Waals surface area contributed by atoms with E-state index in [-0.39, 0.29) is 6.03 Å². The Morgan fingerprint density at radius 2 is 2.26 bits per heavy atom. The normalized spacial score (nSPS) is 10.5. The van der Waals surface area contributed by atoms with E-state index in [2.05, 4.69) is 20.8 Å². The molecule has 0 aliphatic heterocycles. The van der Waals surface area contributed by atoms with Crippen LogP contribution in [0.4, 0.5) is 10.5 Å². The van der Waals surface area contributed by atoms with Gasteiger partial charge in [-0.15, -0.1) is 11.3 Å². The fourth-order valence-corrected chi connectivity index (χ4v) is 2.77. The molecule has 2 amide bonds. The number of aromatic amines is 1. The van der Waals surface area contributed by atoms with Crippen LogP contribution in [0.2, 0.25) is 4.34 Å². The summed E-state index contributed by atoms with van der Waals surface area (Å²) in [5, 5.41) is 12.4. The smallest absolute Gasteiger partial charge is 0.319 e. The molecule has 0 saturated heterocycles. The van der Waals surface area contributed by atoms with Crippen LogP contribution >= 0.6 is 22.9 Å². The number of hydrogen-bond donors (Lipinski definition) is 3. The van der Waals surface area contributed by atoms with E-state index in [0.29, 0.717) is 6.54 Å². The van der Waals surface area contributed by atoms with Crippen molar-refractivity contribution in [1.29, 1.82) is 0 Å². The predicted octanol–water partition coefficient (Wildman–Crippen LogP) is 3.11. The van der Waals surface area contributed by atoms with Gasteiger partial charge in [-0.2, -0.15) is 5.10 Å². The number of halogens is 1. The van der Waals surface area contributed by atoms with Gasteiger partial charge in [-0.1, -0.05) is 11.6 Å². The fraction of sp³-hybridized carbons (Fsp3) is 0.333. The Bertz CT molecular complexity index is 559. The Labute approximate surface area is 120 Å². The topological polar surface area (TPSA) is 69.8 Å². The monoisotopic (exact) mass is 298 g/mol. The standard InChI is InChI=1S/C12H15ClN4OS/c1-7-11(8(2)17-16-7)15-12(18)14-6-5-9-3-4-10(13)19-9/h3-4H,5-6H2,1-2H3,(H,16,17)(H2,14,15,18). The summed E-state index contributed by atoms with van der Waals surface area (Å²) in [6, 6.07) is 3.60. The second-order valence-corrected chi connectivity index (χ2v) is 5.95. The van der Waals surface area contributed by atoms with Crippen molar-refractivity contribution in [3.63, 3.8) is 0 Å². The van der Waals surface area contributed by atoms with E-state index in [0.717, 1.165) is 32.7 Å². The average molecular weight is 299 g/mol. The highest BCUT2D eigenvalue weighted by molar-refractivity contribution is 7.16. The first-order valence-electron chi connectivity index (χ1n) is 5.87. The van der Waals surface area contributed by atoms with E-state index in [4.69, 9.17) is 11.6 Å². The Balaban J connectivity index is 1.79. The summed E-state index contributed by atoms with van der Waals surface area (Å²) < 4.78 is 0.768. The summed E-state index contributed by atoms with van der Waals surface area (Å²) in [5.41, 5.74) is 2.35. The van der Waals surface area contributed by atoms with Crippen LogP contribution in [-0.2, 0) is 6.42 Å². The molecule has 0 radical (unpaired) electrons. The lowest BCUT2D eigenvalue weighted by molar-refractivity contribution is 0.252. The third-order valence-electron chi connectivity index (χ3n) is 2.65. The summed E-state index contributed by atoms with van der Waals surface area (Å²) in [6.07, 6.45) is 0.772. The van der Waals surface area contributed by atoms with Gasteiger partial charge < -0.3 is 10.6 Å². The first kappa shape index (κ1) is 13.9. The van der Waals surface area contributed by atoms with Crippen molar-refractivity contribution in [1.82, 2.24) is 15.5 Å². The molecule has 0 aliphatic rings. The highest BCUT2D eigenvalue weighted by Crippen LogP contribution is 2.21. The van der Waals surface area contributed by atoms with Gasteiger partial charge in [0.1, 0.15) is 0 Å². The zero-order chi connectivity index (χ0) is 13.8. The highest BCUT2D eigenvalue weighted by atomic mass is 35.5. The minimum absolute atomic E-state index is 0.227. The first-order chi connectivity index (χ1) is 9.06. The van der Waals surface area contributed by atoms with Crippen LogP contribution in [0.5, 0.6) is 0 Å². The van der Waals surface area contributed by atoms with Gasteiger partial charge in [-0.25, -0.2) is 4.79 Å². The number of nitrogens with one attached hydrogen (secondary N) is 3. The van der Waals surface area contributed by atoms with Crippen molar-refractivity contribution < 1.29 is 4.79 Å². The molecule has 2 aromatic heterocycles. The van der Waals surface area contributed by atoms with Crippen molar-refractivity contribution in [2.45, 2.75) is 20.3 Å². The molecule has 5 nitrogen and oxygen atoms in total. The van der Waals surface area contributed by atoms with Gasteiger partial charge in [0, 0.05) is 11.4 Å². The van der Waals surface area contributed by atoms with E-state index in [1.807, 2.05) is 26.0 Å². The number of aryl methyl sites for hydroxylation is 2. The third kappa shape index (κ3) is 3.71. The van der Waals surface area contributed by atoms with Crippen molar-refractivity contribution >= 4 is 34.7 Å². The first-order valence-corrected chi connectivity index (χ1v) is 7.06. The van der Waals surface area contributed by atoms with Crippen LogP contribution in [0.25, 0.3) is 0 Å². The third-order valence-corrected chi connectivity index (χ3v) is 3.94. The van der Waals surface area contributed by atoms with Gasteiger partial charge in [0.05, 0.1) is 21.4 Å². The summed E-state index contributed by atoms with van der Waals surface area (Å²) in [4.78, 5) is 12.9. The van der Waals surface area contributed by atoms with Gasteiger partial charge in [-0.3, -0.25) is 5.10 Å². The lowest BCUT2D eigenvalue weighted by Gasteiger charge is -2.07. The SMILES string of the molecule is Cc1n[nH]c(C)c1NC(=O)NCCc1ccc(Cl)s1. The molecule has 0 spiro atoms. The maximum atomic E-state index is 11.7. The van der Waals surface area contributed by atoms with Crippen LogP contribution in [0, 0.1) is 13.8 Å². The molecular weight excluding hydrogens is 284 g/mol. The summed E-state index contributed by atoms with van der Waals surface area (Å²) in [7, 11) is 0. The number of H-pyrrole nitrogens is 1. The van der Waals surface area contributed by atoms with Crippen molar-refractivity contribution in [2.24, 2.45) is 0 Å². The Hall–Kier alpha value is -1.53. The second kappa shape index (κ2) is 6.08. The van der Waals surface area contributed by atoms with E-state index < -0.39 is 0 Å². The molecule has 2 heterocycles. The Morgan fingerprint density at radius 3 is 2.84 bits per heavy atom. The second-order valence-electron chi connectivity index (χ2n) is 4.15. The number of hydrogen-bond acceptors (Lipinski definition) is 3. The number of aromatic nitrogens is 2. The van der Waals surface area contributed by atoms with Crippen LogP contribution in [0.15, 0.2) is 12.1 Å². The quantitative estimate of drug-likeness (QED) is 0.812. The van der Waals surface area contributed by atoms with Gasteiger partial charge in [0.15, 0.2) is 0 Å². The molecule has 0 aromatic carbocycles. The number of carbonyl (C=O) groups is 1. The molecule has 0 bridgehead atoms. The average Bonchev–Trinajstić information content (AvgIpc) is 2.90. The molecule has 102 valence electrons. The number of thiophene rings is 1. The van der Waals surface area contributed by atoms with Crippen molar-refractivity contribution in [3.05, 3.63) is 32.7 Å². The zero-order valence-electron chi connectivity index (χ0n) is 10.7. The van der Waals surface area contributed by atoms with Crippen LogP contribution < -0.4 is 10.6 Å². The Kier molecular flexibility index (Phi) is 4.44. The maximum Gasteiger partial charge on any atom is 0.319 e. The summed E-state index contributed by atoms with van der Waals surface area (Å²) in [6.45, 7) is 4.27. The van der Waals surface area contributed by atoms with E-state index >= 15 is 0 Å².